The van der Waals surface area contributed by atoms with Crippen LogP contribution in [0.5, 0.6) is 11.5 Å². The molecule has 0 bridgehead atoms. The zero-order valence-electron chi connectivity index (χ0n) is 19.2. The zero-order valence-corrected chi connectivity index (χ0v) is 19.2. The zero-order chi connectivity index (χ0) is 23.4. The van der Waals surface area contributed by atoms with Gasteiger partial charge in [-0.15, -0.1) is 0 Å². The molecule has 1 aliphatic rings. The Hall–Kier alpha value is -3.55. The Morgan fingerprint density at radius 3 is 2.48 bits per heavy atom. The van der Waals surface area contributed by atoms with Gasteiger partial charge in [-0.05, 0) is 37.3 Å². The molecule has 1 saturated carbocycles. The number of fused-ring (bicyclic) bond motifs is 1. The van der Waals surface area contributed by atoms with E-state index in [9.17, 15) is 9.59 Å². The van der Waals surface area contributed by atoms with Gasteiger partial charge in [-0.3, -0.25) is 9.36 Å². The van der Waals surface area contributed by atoms with Crippen LogP contribution in [0.4, 0.5) is 4.79 Å². The van der Waals surface area contributed by atoms with Gasteiger partial charge in [-0.25, -0.2) is 9.78 Å². The molecule has 1 heterocycles. The van der Waals surface area contributed by atoms with Crippen molar-refractivity contribution >= 4 is 17.0 Å². The van der Waals surface area contributed by atoms with Crippen LogP contribution in [0.1, 0.15) is 31.2 Å². The first kappa shape index (κ1) is 22.6. The second-order valence-electron chi connectivity index (χ2n) is 8.31. The van der Waals surface area contributed by atoms with Crippen LogP contribution >= 0.6 is 0 Å². The highest BCUT2D eigenvalue weighted by atomic mass is 16.5. The number of amides is 1. The summed E-state index contributed by atoms with van der Waals surface area (Å²) in [6, 6.07) is 13.4. The number of rotatable bonds is 6. The summed E-state index contributed by atoms with van der Waals surface area (Å²) in [6.07, 6.45) is 4.43. The second kappa shape index (κ2) is 9.94. The maximum Gasteiger partial charge on any atom is 0.409 e. The van der Waals surface area contributed by atoms with Crippen molar-refractivity contribution in [1.29, 1.82) is 0 Å². The van der Waals surface area contributed by atoms with Crippen molar-refractivity contribution in [2.24, 2.45) is 0 Å². The van der Waals surface area contributed by atoms with Gasteiger partial charge in [0.1, 0.15) is 0 Å². The Kier molecular flexibility index (Phi) is 6.82. The number of carbonyl (C=O) groups is 1. The van der Waals surface area contributed by atoms with Crippen LogP contribution in [0.2, 0.25) is 0 Å². The van der Waals surface area contributed by atoms with E-state index in [1.54, 1.807) is 42.1 Å². The average Bonchev–Trinajstić information content (AvgIpc) is 2.86. The summed E-state index contributed by atoms with van der Waals surface area (Å²) in [7, 11) is 4.73. The number of benzene rings is 2. The fraction of sp³-hybridized carbons (Fsp3) is 0.400. The Morgan fingerprint density at radius 2 is 1.82 bits per heavy atom. The average molecular weight is 452 g/mol. The number of carbonyl (C=O) groups excluding carboxylic acids is 1. The van der Waals surface area contributed by atoms with E-state index in [2.05, 4.69) is 4.98 Å². The molecule has 1 amide bonds. The lowest BCUT2D eigenvalue weighted by atomic mass is 9.92. The number of hydrogen-bond acceptors (Lipinski definition) is 6. The van der Waals surface area contributed by atoms with Gasteiger partial charge in [0.2, 0.25) is 0 Å². The van der Waals surface area contributed by atoms with Crippen LogP contribution < -0.4 is 15.0 Å². The number of methoxy groups -OCH3 is 2. The molecule has 1 fully saturated rings. The number of aromatic nitrogens is 2. The molecule has 0 atom stereocenters. The fourth-order valence-corrected chi connectivity index (χ4v) is 4.33. The van der Waals surface area contributed by atoms with Crippen LogP contribution in [-0.4, -0.2) is 54.0 Å². The molecule has 0 spiro atoms. The van der Waals surface area contributed by atoms with Crippen molar-refractivity contribution in [3.05, 3.63) is 64.7 Å². The van der Waals surface area contributed by atoms with E-state index in [1.807, 2.05) is 30.3 Å². The number of nitrogens with zero attached hydrogens (tertiary/aromatic N) is 3. The topological polar surface area (TPSA) is 82.9 Å². The molecule has 1 aromatic heterocycles. The Labute approximate surface area is 192 Å². The lowest BCUT2D eigenvalue weighted by Crippen LogP contribution is -2.41. The summed E-state index contributed by atoms with van der Waals surface area (Å²) in [5.74, 6) is 1.08. The summed E-state index contributed by atoms with van der Waals surface area (Å²) in [5.41, 5.74) is 1.47. The number of hydrogen-bond donors (Lipinski definition) is 0. The van der Waals surface area contributed by atoms with Crippen molar-refractivity contribution in [2.75, 3.05) is 21.3 Å². The van der Waals surface area contributed by atoms with Gasteiger partial charge in [-0.1, -0.05) is 30.3 Å². The van der Waals surface area contributed by atoms with Crippen LogP contribution in [0.25, 0.3) is 10.9 Å². The second-order valence-corrected chi connectivity index (χ2v) is 8.31. The Morgan fingerprint density at radius 1 is 1.09 bits per heavy atom. The molecule has 2 aromatic carbocycles. The molecular formula is C25H29N3O5. The molecule has 0 aliphatic heterocycles. The van der Waals surface area contributed by atoms with E-state index < -0.39 is 0 Å². The third-order valence-electron chi connectivity index (χ3n) is 6.25. The summed E-state index contributed by atoms with van der Waals surface area (Å²) < 4.78 is 18.2. The maximum absolute atomic E-state index is 13.2. The predicted molar refractivity (Wildman–Crippen MR) is 125 cm³/mol. The molecule has 33 heavy (non-hydrogen) atoms. The largest absolute Gasteiger partial charge is 0.493 e. The summed E-state index contributed by atoms with van der Waals surface area (Å²) in [6.45, 7) is 0.447. The van der Waals surface area contributed by atoms with Crippen molar-refractivity contribution in [1.82, 2.24) is 14.5 Å². The van der Waals surface area contributed by atoms with E-state index >= 15 is 0 Å². The minimum atomic E-state index is -0.324. The van der Waals surface area contributed by atoms with Gasteiger partial charge in [-0.2, -0.15) is 0 Å². The molecule has 8 heteroatoms. The lowest BCUT2D eigenvalue weighted by Gasteiger charge is -2.34. The molecule has 0 saturated heterocycles. The first-order chi connectivity index (χ1) is 16.0. The molecule has 4 rings (SSSR count). The summed E-state index contributed by atoms with van der Waals surface area (Å²) in [4.78, 5) is 31.1. The molecular weight excluding hydrogens is 422 g/mol. The minimum absolute atomic E-state index is 0.0261. The van der Waals surface area contributed by atoms with Crippen LogP contribution in [0.3, 0.4) is 0 Å². The molecule has 0 radical (unpaired) electrons. The summed E-state index contributed by atoms with van der Waals surface area (Å²) in [5, 5.41) is 0.489. The smallest absolute Gasteiger partial charge is 0.409 e. The molecule has 3 aromatic rings. The van der Waals surface area contributed by atoms with Gasteiger partial charge in [0, 0.05) is 19.2 Å². The van der Waals surface area contributed by atoms with Gasteiger partial charge < -0.3 is 19.1 Å². The van der Waals surface area contributed by atoms with E-state index in [4.69, 9.17) is 14.2 Å². The molecule has 8 nitrogen and oxygen atoms in total. The number of ether oxygens (including phenoxy) is 3. The molecule has 174 valence electrons. The lowest BCUT2D eigenvalue weighted by molar-refractivity contribution is 0.0801. The third-order valence-corrected chi connectivity index (χ3v) is 6.25. The Balaban J connectivity index is 1.54. The highest BCUT2D eigenvalue weighted by Crippen LogP contribution is 2.34. The molecule has 0 unspecified atom stereocenters. The van der Waals surface area contributed by atoms with Crippen LogP contribution in [-0.2, 0) is 11.3 Å². The fourth-order valence-electron chi connectivity index (χ4n) is 4.33. The van der Waals surface area contributed by atoms with Crippen molar-refractivity contribution < 1.29 is 19.0 Å². The normalized spacial score (nSPS) is 18.0. The van der Waals surface area contributed by atoms with E-state index in [-0.39, 0.29) is 23.8 Å². The van der Waals surface area contributed by atoms with E-state index in [0.717, 1.165) is 31.2 Å². The first-order valence-corrected chi connectivity index (χ1v) is 11.1. The monoisotopic (exact) mass is 451 g/mol. The predicted octanol–water partition coefficient (Wildman–Crippen LogP) is 3.84. The molecule has 1 aliphatic carbocycles. The van der Waals surface area contributed by atoms with E-state index in [1.165, 1.54) is 7.11 Å². The van der Waals surface area contributed by atoms with Crippen molar-refractivity contribution in [3.8, 4) is 11.5 Å². The van der Waals surface area contributed by atoms with Crippen molar-refractivity contribution in [3.63, 3.8) is 0 Å². The van der Waals surface area contributed by atoms with E-state index in [0.29, 0.717) is 28.9 Å². The Bertz CT molecular complexity index is 1170. The molecule has 0 N–H and O–H groups in total. The van der Waals surface area contributed by atoms with Crippen LogP contribution in [0.15, 0.2) is 53.6 Å². The van der Waals surface area contributed by atoms with Gasteiger partial charge >= 0.3 is 6.09 Å². The highest BCUT2D eigenvalue weighted by molar-refractivity contribution is 5.81. The maximum atomic E-state index is 13.2. The van der Waals surface area contributed by atoms with Crippen molar-refractivity contribution in [2.45, 2.75) is 44.4 Å². The third kappa shape index (κ3) is 4.94. The highest BCUT2D eigenvalue weighted by Gasteiger charge is 2.28. The van der Waals surface area contributed by atoms with Gasteiger partial charge in [0.15, 0.2) is 11.5 Å². The van der Waals surface area contributed by atoms with Gasteiger partial charge in [0.25, 0.3) is 5.56 Å². The van der Waals surface area contributed by atoms with Crippen LogP contribution in [0, 0.1) is 0 Å². The standard InChI is InChI=1S/C25H29N3O5/c1-27(25(30)32-3)18-9-11-19(12-10-18)33-23-13-20-21(14-22(23)31-2)26-16-28(24(20)29)15-17-7-5-4-6-8-17/h4-8,13-14,16,18-19H,9-12,15H2,1-3H3/t18-,19+. The van der Waals surface area contributed by atoms with Gasteiger partial charge in [0.05, 0.1) is 44.1 Å². The summed E-state index contributed by atoms with van der Waals surface area (Å²) >= 11 is 0. The SMILES string of the molecule is COC(=O)N(C)[C@H]1CC[C@@H](Oc2cc3c(=O)n(Cc4ccccc4)cnc3cc2OC)CC1. The quantitative estimate of drug-likeness (QED) is 0.566. The minimum Gasteiger partial charge on any atom is -0.493 e. The first-order valence-electron chi connectivity index (χ1n) is 11.1.